The van der Waals surface area contributed by atoms with Crippen molar-refractivity contribution in [2.24, 2.45) is 52.5 Å². The van der Waals surface area contributed by atoms with Crippen LogP contribution in [0.2, 0.25) is 0 Å². The number of rotatable bonds is 16. The van der Waals surface area contributed by atoms with E-state index in [2.05, 4.69) is 0 Å². The lowest BCUT2D eigenvalue weighted by Crippen LogP contribution is -2.37. The predicted molar refractivity (Wildman–Crippen MR) is 196 cm³/mol. The van der Waals surface area contributed by atoms with Crippen LogP contribution >= 0.6 is 0 Å². The lowest BCUT2D eigenvalue weighted by Gasteiger charge is -2.15. The Morgan fingerprint density at radius 3 is 1.20 bits per heavy atom. The molecule has 0 heterocycles. The summed E-state index contributed by atoms with van der Waals surface area (Å²) in [4.78, 5) is 44.3. The SMILES string of the molecule is CC(C)COC(=O)[C@@H](N)C(C)C.CC(C)COC(=O)[C@@H](N)Cc1ccccc1.CC(C)COC(=O)[C@H](C)N.CC[C@H](N)C(=O)OCC(C)C. The van der Waals surface area contributed by atoms with Gasteiger partial charge in [-0.3, -0.25) is 19.2 Å². The number of hydrogen-bond donors (Lipinski definition) is 4. The van der Waals surface area contributed by atoms with E-state index in [0.717, 1.165) is 5.56 Å². The fourth-order valence-corrected chi connectivity index (χ4v) is 2.83. The number of ether oxygens (including phenoxy) is 4. The first kappa shape index (κ1) is 50.3. The van der Waals surface area contributed by atoms with Crippen LogP contribution in [0.1, 0.15) is 95.1 Å². The van der Waals surface area contributed by atoms with E-state index in [9.17, 15) is 19.2 Å². The van der Waals surface area contributed by atoms with Gasteiger partial charge in [-0.05, 0) is 54.9 Å². The molecule has 286 valence electrons. The summed E-state index contributed by atoms with van der Waals surface area (Å²) >= 11 is 0. The summed E-state index contributed by atoms with van der Waals surface area (Å²) in [6.07, 6.45) is 1.16. The molecule has 0 radical (unpaired) electrons. The van der Waals surface area contributed by atoms with Gasteiger partial charge in [0.2, 0.25) is 0 Å². The van der Waals surface area contributed by atoms with Crippen molar-refractivity contribution >= 4 is 23.9 Å². The highest BCUT2D eigenvalue weighted by Gasteiger charge is 2.19. The molecule has 4 atom stereocenters. The molecule has 12 nitrogen and oxygen atoms in total. The summed E-state index contributed by atoms with van der Waals surface area (Å²) in [6.45, 7) is 25.0. The van der Waals surface area contributed by atoms with Crippen molar-refractivity contribution in [3.05, 3.63) is 35.9 Å². The third kappa shape index (κ3) is 31.9. The van der Waals surface area contributed by atoms with E-state index in [4.69, 9.17) is 41.9 Å². The molecular formula is C37H70N4O8. The van der Waals surface area contributed by atoms with Crippen LogP contribution < -0.4 is 22.9 Å². The molecule has 0 unspecified atom stereocenters. The van der Waals surface area contributed by atoms with Gasteiger partial charge in [-0.1, -0.05) is 106 Å². The number of hydrogen-bond acceptors (Lipinski definition) is 12. The maximum atomic E-state index is 11.5. The van der Waals surface area contributed by atoms with Gasteiger partial charge in [0, 0.05) is 0 Å². The van der Waals surface area contributed by atoms with Crippen LogP contribution in [0.3, 0.4) is 0 Å². The van der Waals surface area contributed by atoms with E-state index in [1.807, 2.05) is 106 Å². The largest absolute Gasteiger partial charge is 0.464 e. The topological polar surface area (TPSA) is 209 Å². The number of benzene rings is 1. The summed E-state index contributed by atoms with van der Waals surface area (Å²) in [5.74, 6) is 0.378. The zero-order chi connectivity index (χ0) is 38.7. The second-order valence-corrected chi connectivity index (χ2v) is 14.0. The minimum Gasteiger partial charge on any atom is -0.464 e. The van der Waals surface area contributed by atoms with Gasteiger partial charge in [0.15, 0.2) is 0 Å². The summed E-state index contributed by atoms with van der Waals surface area (Å²) < 4.78 is 19.7. The van der Waals surface area contributed by atoms with Crippen molar-refractivity contribution < 1.29 is 38.1 Å². The van der Waals surface area contributed by atoms with Crippen molar-refractivity contribution in [1.29, 1.82) is 0 Å². The molecule has 1 aromatic rings. The zero-order valence-corrected chi connectivity index (χ0v) is 32.4. The number of carbonyl (C=O) groups excluding carboxylic acids is 4. The summed E-state index contributed by atoms with van der Waals surface area (Å²) in [6, 6.07) is 7.71. The Kier molecular flexibility index (Phi) is 30.6. The van der Waals surface area contributed by atoms with Crippen molar-refractivity contribution in [2.75, 3.05) is 26.4 Å². The lowest BCUT2D eigenvalue weighted by atomic mass is 10.1. The highest BCUT2D eigenvalue weighted by molar-refractivity contribution is 5.76. The Morgan fingerprint density at radius 2 is 0.878 bits per heavy atom. The van der Waals surface area contributed by atoms with E-state index in [1.165, 1.54) is 0 Å². The second kappa shape index (κ2) is 29.8. The monoisotopic (exact) mass is 699 g/mol. The van der Waals surface area contributed by atoms with Crippen LogP contribution in [0.4, 0.5) is 0 Å². The minimum atomic E-state index is -0.568. The molecule has 1 aromatic carbocycles. The highest BCUT2D eigenvalue weighted by atomic mass is 16.5. The maximum Gasteiger partial charge on any atom is 0.323 e. The van der Waals surface area contributed by atoms with Crippen LogP contribution in [0.5, 0.6) is 0 Å². The molecule has 49 heavy (non-hydrogen) atoms. The van der Waals surface area contributed by atoms with Crippen LogP contribution in [0, 0.1) is 29.6 Å². The first-order chi connectivity index (χ1) is 22.7. The molecule has 0 bridgehead atoms. The Bertz CT molecular complexity index is 1000. The molecule has 0 aliphatic heterocycles. The van der Waals surface area contributed by atoms with Gasteiger partial charge < -0.3 is 41.9 Å². The van der Waals surface area contributed by atoms with E-state index < -0.39 is 24.2 Å². The van der Waals surface area contributed by atoms with E-state index in [0.29, 0.717) is 62.9 Å². The third-order valence-electron chi connectivity index (χ3n) is 5.94. The average Bonchev–Trinajstić information content (AvgIpc) is 3.03. The summed E-state index contributed by atoms with van der Waals surface area (Å²) in [5.41, 5.74) is 23.1. The van der Waals surface area contributed by atoms with Gasteiger partial charge in [0.1, 0.15) is 24.2 Å². The Hall–Kier alpha value is -3.06. The minimum absolute atomic E-state index is 0.143. The van der Waals surface area contributed by atoms with E-state index in [-0.39, 0.29) is 29.8 Å². The van der Waals surface area contributed by atoms with Crippen molar-refractivity contribution in [3.8, 4) is 0 Å². The fourth-order valence-electron chi connectivity index (χ4n) is 2.83. The molecule has 0 aliphatic carbocycles. The van der Waals surface area contributed by atoms with Gasteiger partial charge in [0.25, 0.3) is 0 Å². The lowest BCUT2D eigenvalue weighted by molar-refractivity contribution is -0.148. The van der Waals surface area contributed by atoms with Crippen molar-refractivity contribution in [3.63, 3.8) is 0 Å². The molecule has 0 amide bonds. The average molecular weight is 699 g/mol. The van der Waals surface area contributed by atoms with E-state index in [1.54, 1.807) is 6.92 Å². The molecule has 8 N–H and O–H groups in total. The normalized spacial score (nSPS) is 13.1. The van der Waals surface area contributed by atoms with Crippen LogP contribution in [0.15, 0.2) is 30.3 Å². The summed E-state index contributed by atoms with van der Waals surface area (Å²) in [7, 11) is 0. The highest BCUT2D eigenvalue weighted by Crippen LogP contribution is 2.04. The van der Waals surface area contributed by atoms with Crippen molar-refractivity contribution in [1.82, 2.24) is 0 Å². The van der Waals surface area contributed by atoms with Crippen LogP contribution in [0.25, 0.3) is 0 Å². The second-order valence-electron chi connectivity index (χ2n) is 14.0. The molecule has 0 fully saturated rings. The first-order valence-corrected chi connectivity index (χ1v) is 17.4. The Balaban J connectivity index is -0.000000587. The number of nitrogens with two attached hydrogens (primary N) is 4. The molecule has 1 rings (SSSR count). The standard InChI is InChI=1S/C13H19NO2.C9H19NO2.C8H17NO2.C7H15NO2/c1-10(2)9-16-13(15)12(14)8-11-6-4-3-5-7-11;1-6(2)5-12-9(11)8(10)7(3)4;1-4-7(9)8(10)11-5-6(2)3;1-5(2)4-10-7(9)6(3)8/h3-7,10,12H,8-9,14H2,1-2H3;6-8H,5,10H2,1-4H3;6-7H,4-5,9H2,1-3H3;5-6H,4,8H2,1-3H3/t12-;8-;7-;6-/m0000/s1. The number of carbonyl (C=O) groups is 4. The zero-order valence-electron chi connectivity index (χ0n) is 32.4. The van der Waals surface area contributed by atoms with E-state index >= 15 is 0 Å². The number of esters is 4. The van der Waals surface area contributed by atoms with Crippen molar-refractivity contribution in [2.45, 2.75) is 120 Å². The molecule has 0 aliphatic rings. The van der Waals surface area contributed by atoms with Gasteiger partial charge >= 0.3 is 23.9 Å². The quantitative estimate of drug-likeness (QED) is 0.140. The van der Waals surface area contributed by atoms with Gasteiger partial charge in [-0.25, -0.2) is 0 Å². The van der Waals surface area contributed by atoms with Gasteiger partial charge in [-0.2, -0.15) is 0 Å². The van der Waals surface area contributed by atoms with Crippen LogP contribution in [-0.2, 0) is 44.5 Å². The molecular weight excluding hydrogens is 628 g/mol. The predicted octanol–water partition coefficient (Wildman–Crippen LogP) is 4.38. The molecule has 0 saturated carbocycles. The fraction of sp³-hybridized carbons (Fsp3) is 0.730. The summed E-state index contributed by atoms with van der Waals surface area (Å²) in [5, 5.41) is 0. The Morgan fingerprint density at radius 1 is 0.531 bits per heavy atom. The smallest absolute Gasteiger partial charge is 0.323 e. The molecule has 12 heteroatoms. The van der Waals surface area contributed by atoms with Gasteiger partial charge in [-0.15, -0.1) is 0 Å². The molecule has 0 spiro atoms. The molecule has 0 saturated heterocycles. The molecule has 0 aromatic heterocycles. The maximum absolute atomic E-state index is 11.5. The Labute approximate surface area is 296 Å². The third-order valence-corrected chi connectivity index (χ3v) is 5.94. The first-order valence-electron chi connectivity index (χ1n) is 17.4. The van der Waals surface area contributed by atoms with Crippen LogP contribution in [-0.4, -0.2) is 74.5 Å². The van der Waals surface area contributed by atoms with Gasteiger partial charge in [0.05, 0.1) is 26.4 Å².